The molecule has 6 heteroatoms. The number of pyridine rings is 1. The number of nitrogens with zero attached hydrogens (tertiary/aromatic N) is 1. The number of rotatable bonds is 5. The van der Waals surface area contributed by atoms with Crippen LogP contribution in [0.5, 0.6) is 0 Å². The van der Waals surface area contributed by atoms with Gasteiger partial charge < -0.3 is 10.4 Å². The van der Waals surface area contributed by atoms with Gasteiger partial charge in [0.1, 0.15) is 0 Å². The molecule has 0 radical (unpaired) electrons. The predicted molar refractivity (Wildman–Crippen MR) is 86.0 cm³/mol. The number of hydrogen-bond acceptors (Lipinski definition) is 4. The molecule has 0 aliphatic heterocycles. The molecule has 2 rings (SSSR count). The number of aromatic nitrogens is 1. The number of thiophene rings is 1. The van der Waals surface area contributed by atoms with E-state index in [2.05, 4.69) is 10.3 Å². The van der Waals surface area contributed by atoms with E-state index < -0.39 is 11.4 Å². The summed E-state index contributed by atoms with van der Waals surface area (Å²) in [5, 5.41) is 13.7. The van der Waals surface area contributed by atoms with E-state index in [4.69, 9.17) is 5.11 Å². The molecule has 5 nitrogen and oxygen atoms in total. The van der Waals surface area contributed by atoms with Crippen LogP contribution in [0, 0.1) is 12.3 Å². The molecule has 22 heavy (non-hydrogen) atoms. The minimum atomic E-state index is -1.01. The number of aliphatic carboxylic acids is 1. The molecule has 0 unspecified atom stereocenters. The Morgan fingerprint density at radius 1 is 1.32 bits per heavy atom. The monoisotopic (exact) mass is 318 g/mol. The molecule has 0 saturated carbocycles. The fourth-order valence-corrected chi connectivity index (χ4v) is 2.53. The first kappa shape index (κ1) is 16.2. The standard InChI is InChI=1S/C16H18N2O3S/c1-10-11(14(19)17-9-16(2,3)15(20)21)6-7-12(18-10)13-5-4-8-22-13/h4-8H,9H2,1-3H3,(H,17,19)(H,20,21). The number of carboxylic acid groups (broad SMARTS) is 1. The maximum Gasteiger partial charge on any atom is 0.310 e. The molecule has 0 fully saturated rings. The fourth-order valence-electron chi connectivity index (χ4n) is 1.83. The molecule has 2 heterocycles. The first-order chi connectivity index (χ1) is 10.3. The van der Waals surface area contributed by atoms with E-state index in [1.807, 2.05) is 17.5 Å². The lowest BCUT2D eigenvalue weighted by atomic mass is 9.94. The van der Waals surface area contributed by atoms with Crippen molar-refractivity contribution in [1.82, 2.24) is 10.3 Å². The van der Waals surface area contributed by atoms with Gasteiger partial charge in [-0.15, -0.1) is 11.3 Å². The van der Waals surface area contributed by atoms with Crippen LogP contribution in [0.4, 0.5) is 0 Å². The zero-order chi connectivity index (χ0) is 16.3. The van der Waals surface area contributed by atoms with E-state index in [-0.39, 0.29) is 12.5 Å². The van der Waals surface area contributed by atoms with Crippen molar-refractivity contribution in [3.63, 3.8) is 0 Å². The number of nitrogens with one attached hydrogen (secondary N) is 1. The molecule has 1 amide bonds. The number of amides is 1. The Labute approximate surface area is 133 Å². The summed E-state index contributed by atoms with van der Waals surface area (Å²) in [6, 6.07) is 7.45. The first-order valence-electron chi connectivity index (χ1n) is 6.84. The Balaban J connectivity index is 2.12. The van der Waals surface area contributed by atoms with Gasteiger partial charge in [0.2, 0.25) is 0 Å². The fraction of sp³-hybridized carbons (Fsp3) is 0.312. The maximum absolute atomic E-state index is 12.2. The highest BCUT2D eigenvalue weighted by Gasteiger charge is 2.28. The lowest BCUT2D eigenvalue weighted by Crippen LogP contribution is -2.39. The summed E-state index contributed by atoms with van der Waals surface area (Å²) < 4.78 is 0. The van der Waals surface area contributed by atoms with Crippen LogP contribution in [-0.2, 0) is 4.79 Å². The summed E-state index contributed by atoms with van der Waals surface area (Å²) in [5.41, 5.74) is 0.904. The van der Waals surface area contributed by atoms with Gasteiger partial charge in [-0.3, -0.25) is 14.6 Å². The average Bonchev–Trinajstić information content (AvgIpc) is 2.98. The Morgan fingerprint density at radius 3 is 2.59 bits per heavy atom. The van der Waals surface area contributed by atoms with E-state index in [9.17, 15) is 9.59 Å². The third-order valence-corrected chi connectivity index (χ3v) is 4.27. The van der Waals surface area contributed by atoms with Crippen LogP contribution in [0.2, 0.25) is 0 Å². The molecule has 116 valence electrons. The first-order valence-corrected chi connectivity index (χ1v) is 7.72. The lowest BCUT2D eigenvalue weighted by molar-refractivity contribution is -0.146. The molecule has 2 aromatic rings. The predicted octanol–water partition coefficient (Wildman–Crippen LogP) is 2.96. The van der Waals surface area contributed by atoms with Gasteiger partial charge in [-0.2, -0.15) is 0 Å². The molecular weight excluding hydrogens is 300 g/mol. The van der Waals surface area contributed by atoms with Crippen LogP contribution >= 0.6 is 11.3 Å². The van der Waals surface area contributed by atoms with Gasteiger partial charge in [0.25, 0.3) is 5.91 Å². The molecule has 0 bridgehead atoms. The largest absolute Gasteiger partial charge is 0.481 e. The van der Waals surface area contributed by atoms with Crippen molar-refractivity contribution in [3.05, 3.63) is 40.9 Å². The molecule has 0 aliphatic rings. The second-order valence-electron chi connectivity index (χ2n) is 5.68. The van der Waals surface area contributed by atoms with Gasteiger partial charge in [0.15, 0.2) is 0 Å². The minimum absolute atomic E-state index is 0.0628. The SMILES string of the molecule is Cc1nc(-c2cccs2)ccc1C(=O)NCC(C)(C)C(=O)O. The lowest BCUT2D eigenvalue weighted by Gasteiger charge is -2.19. The second-order valence-corrected chi connectivity index (χ2v) is 6.63. The van der Waals surface area contributed by atoms with Crippen molar-refractivity contribution < 1.29 is 14.7 Å². The molecule has 0 atom stereocenters. The van der Waals surface area contributed by atoms with Crippen molar-refractivity contribution >= 4 is 23.2 Å². The zero-order valence-corrected chi connectivity index (χ0v) is 13.5. The molecular formula is C16H18N2O3S. The van der Waals surface area contributed by atoms with Gasteiger partial charge in [0.05, 0.1) is 27.2 Å². The Morgan fingerprint density at radius 2 is 2.05 bits per heavy atom. The van der Waals surface area contributed by atoms with Gasteiger partial charge in [-0.1, -0.05) is 6.07 Å². The van der Waals surface area contributed by atoms with E-state index in [1.165, 1.54) is 0 Å². The van der Waals surface area contributed by atoms with Gasteiger partial charge in [0, 0.05) is 6.54 Å². The van der Waals surface area contributed by atoms with E-state index in [0.29, 0.717) is 11.3 Å². The van der Waals surface area contributed by atoms with Crippen molar-refractivity contribution in [1.29, 1.82) is 0 Å². The molecule has 0 aromatic carbocycles. The van der Waals surface area contributed by atoms with Crippen molar-refractivity contribution in [2.45, 2.75) is 20.8 Å². The van der Waals surface area contributed by atoms with Gasteiger partial charge in [-0.05, 0) is 44.4 Å². The van der Waals surface area contributed by atoms with Crippen LogP contribution in [0.25, 0.3) is 10.6 Å². The normalized spacial score (nSPS) is 11.2. The average molecular weight is 318 g/mol. The quantitative estimate of drug-likeness (QED) is 0.888. The summed E-state index contributed by atoms with van der Waals surface area (Å²) in [6.07, 6.45) is 0. The Bertz CT molecular complexity index is 693. The molecule has 2 aromatic heterocycles. The third-order valence-electron chi connectivity index (χ3n) is 3.37. The van der Waals surface area contributed by atoms with Crippen LogP contribution in [0.1, 0.15) is 29.9 Å². The number of carbonyl (C=O) groups is 2. The summed E-state index contributed by atoms with van der Waals surface area (Å²) in [7, 11) is 0. The highest BCUT2D eigenvalue weighted by molar-refractivity contribution is 7.13. The summed E-state index contributed by atoms with van der Waals surface area (Å²) >= 11 is 1.59. The summed E-state index contributed by atoms with van der Waals surface area (Å²) in [5.74, 6) is -1.26. The molecule has 0 saturated heterocycles. The Hall–Kier alpha value is -2.21. The Kier molecular flexibility index (Phi) is 4.61. The van der Waals surface area contributed by atoms with Crippen LogP contribution in [-0.4, -0.2) is 28.5 Å². The smallest absolute Gasteiger partial charge is 0.310 e. The number of carboxylic acids is 1. The number of hydrogen-bond donors (Lipinski definition) is 2. The van der Waals surface area contributed by atoms with Crippen LogP contribution in [0.3, 0.4) is 0 Å². The van der Waals surface area contributed by atoms with Crippen molar-refractivity contribution in [2.24, 2.45) is 5.41 Å². The van der Waals surface area contributed by atoms with Crippen molar-refractivity contribution in [3.8, 4) is 10.6 Å². The molecule has 2 N–H and O–H groups in total. The number of aryl methyl sites for hydroxylation is 1. The topological polar surface area (TPSA) is 79.3 Å². The summed E-state index contributed by atoms with van der Waals surface area (Å²) in [6.45, 7) is 4.98. The van der Waals surface area contributed by atoms with Crippen molar-refractivity contribution in [2.75, 3.05) is 6.54 Å². The highest BCUT2D eigenvalue weighted by Crippen LogP contribution is 2.23. The number of carbonyl (C=O) groups excluding carboxylic acids is 1. The van der Waals surface area contributed by atoms with E-state index >= 15 is 0 Å². The third kappa shape index (κ3) is 3.51. The van der Waals surface area contributed by atoms with E-state index in [0.717, 1.165) is 10.6 Å². The molecule has 0 aliphatic carbocycles. The van der Waals surface area contributed by atoms with Gasteiger partial charge >= 0.3 is 5.97 Å². The summed E-state index contributed by atoms with van der Waals surface area (Å²) in [4.78, 5) is 28.7. The highest BCUT2D eigenvalue weighted by atomic mass is 32.1. The maximum atomic E-state index is 12.2. The van der Waals surface area contributed by atoms with E-state index in [1.54, 1.807) is 44.2 Å². The molecule has 0 spiro atoms. The van der Waals surface area contributed by atoms with Crippen LogP contribution in [0.15, 0.2) is 29.6 Å². The minimum Gasteiger partial charge on any atom is -0.481 e. The van der Waals surface area contributed by atoms with Gasteiger partial charge in [-0.25, -0.2) is 0 Å². The second kappa shape index (κ2) is 6.27. The van der Waals surface area contributed by atoms with Crippen LogP contribution < -0.4 is 5.32 Å². The zero-order valence-electron chi connectivity index (χ0n) is 12.7.